The number of halogens is 3. The molecule has 0 saturated heterocycles. The van der Waals surface area contributed by atoms with Crippen LogP contribution in [-0.2, 0) is 0 Å². The first-order valence-electron chi connectivity index (χ1n) is 6.53. The van der Waals surface area contributed by atoms with Crippen LogP contribution in [0, 0.1) is 5.92 Å². The van der Waals surface area contributed by atoms with Gasteiger partial charge < -0.3 is 11.1 Å². The van der Waals surface area contributed by atoms with E-state index >= 15 is 0 Å². The Morgan fingerprint density at radius 2 is 1.47 bits per heavy atom. The monoisotopic (exact) mass is 250 g/mol. The van der Waals surface area contributed by atoms with E-state index in [9.17, 15) is 13.2 Å². The van der Waals surface area contributed by atoms with Gasteiger partial charge in [-0.25, -0.2) is 0 Å². The number of hydrogen-bond acceptors (Lipinski definition) is 2. The van der Waals surface area contributed by atoms with Crippen molar-refractivity contribution >= 4 is 0 Å². The Balaban J connectivity index is 1.72. The van der Waals surface area contributed by atoms with Crippen molar-refractivity contribution in [3.05, 3.63) is 0 Å². The Labute approximate surface area is 100 Å². The van der Waals surface area contributed by atoms with Gasteiger partial charge in [0.05, 0.1) is 5.92 Å². The van der Waals surface area contributed by atoms with E-state index in [4.69, 9.17) is 5.73 Å². The number of alkyl halides is 3. The van der Waals surface area contributed by atoms with Gasteiger partial charge >= 0.3 is 6.18 Å². The molecule has 2 aliphatic carbocycles. The van der Waals surface area contributed by atoms with E-state index < -0.39 is 12.1 Å². The standard InChI is InChI=1S/C12H21F3N2/c13-12(14,15)8-1-4-10(5-2-8)17-11-6-3-9(16)7-11/h8-11,17H,1-7,16H2. The lowest BCUT2D eigenvalue weighted by atomic mass is 9.85. The van der Waals surface area contributed by atoms with Crippen LogP contribution in [0.5, 0.6) is 0 Å². The van der Waals surface area contributed by atoms with Crippen molar-refractivity contribution in [1.29, 1.82) is 0 Å². The molecule has 2 unspecified atom stereocenters. The molecular weight excluding hydrogens is 229 g/mol. The molecule has 0 heterocycles. The minimum Gasteiger partial charge on any atom is -0.328 e. The van der Waals surface area contributed by atoms with Crippen molar-refractivity contribution in [2.24, 2.45) is 11.7 Å². The lowest BCUT2D eigenvalue weighted by Crippen LogP contribution is -2.41. The molecule has 2 fully saturated rings. The summed E-state index contributed by atoms with van der Waals surface area (Å²) in [5, 5.41) is 3.47. The third kappa shape index (κ3) is 3.58. The second-order valence-electron chi connectivity index (χ2n) is 5.53. The van der Waals surface area contributed by atoms with Crippen molar-refractivity contribution in [2.45, 2.75) is 69.2 Å². The molecular formula is C12H21F3N2. The van der Waals surface area contributed by atoms with Gasteiger partial charge in [-0.05, 0) is 44.9 Å². The van der Waals surface area contributed by atoms with Crippen molar-refractivity contribution in [3.63, 3.8) is 0 Å². The molecule has 0 aromatic heterocycles. The summed E-state index contributed by atoms with van der Waals surface area (Å²) in [6.07, 6.45) is 0.932. The van der Waals surface area contributed by atoms with Crippen LogP contribution in [-0.4, -0.2) is 24.3 Å². The highest BCUT2D eigenvalue weighted by Crippen LogP contribution is 2.37. The van der Waals surface area contributed by atoms with Crippen LogP contribution in [0.25, 0.3) is 0 Å². The molecule has 0 aromatic rings. The molecule has 0 radical (unpaired) electrons. The lowest BCUT2D eigenvalue weighted by molar-refractivity contribution is -0.182. The van der Waals surface area contributed by atoms with Crippen molar-refractivity contribution < 1.29 is 13.2 Å². The summed E-state index contributed by atoms with van der Waals surface area (Å²) >= 11 is 0. The lowest BCUT2D eigenvalue weighted by Gasteiger charge is -2.32. The predicted octanol–water partition coefficient (Wildman–Crippen LogP) is 2.58. The molecule has 0 bridgehead atoms. The summed E-state index contributed by atoms with van der Waals surface area (Å²) in [7, 11) is 0. The number of nitrogens with one attached hydrogen (secondary N) is 1. The first-order valence-corrected chi connectivity index (χ1v) is 6.53. The fraction of sp³-hybridized carbons (Fsp3) is 1.00. The highest BCUT2D eigenvalue weighted by molar-refractivity contribution is 4.88. The molecule has 2 saturated carbocycles. The summed E-state index contributed by atoms with van der Waals surface area (Å²) in [4.78, 5) is 0. The Morgan fingerprint density at radius 1 is 0.882 bits per heavy atom. The summed E-state index contributed by atoms with van der Waals surface area (Å²) in [5.41, 5.74) is 5.82. The molecule has 17 heavy (non-hydrogen) atoms. The maximum absolute atomic E-state index is 12.5. The van der Waals surface area contributed by atoms with Gasteiger partial charge in [-0.3, -0.25) is 0 Å². The molecule has 0 amide bonds. The van der Waals surface area contributed by atoms with E-state index in [1.165, 1.54) is 0 Å². The van der Waals surface area contributed by atoms with Crippen molar-refractivity contribution in [1.82, 2.24) is 5.32 Å². The second-order valence-corrected chi connectivity index (χ2v) is 5.53. The smallest absolute Gasteiger partial charge is 0.328 e. The summed E-state index contributed by atoms with van der Waals surface area (Å²) in [6.45, 7) is 0. The first kappa shape index (κ1) is 13.1. The van der Waals surface area contributed by atoms with E-state index in [0.717, 1.165) is 19.3 Å². The predicted molar refractivity (Wildman–Crippen MR) is 60.6 cm³/mol. The molecule has 100 valence electrons. The van der Waals surface area contributed by atoms with Gasteiger partial charge in [0, 0.05) is 18.1 Å². The topological polar surface area (TPSA) is 38.0 Å². The van der Waals surface area contributed by atoms with E-state index in [1.54, 1.807) is 0 Å². The minimum absolute atomic E-state index is 0.267. The van der Waals surface area contributed by atoms with Gasteiger partial charge in [-0.1, -0.05) is 0 Å². The van der Waals surface area contributed by atoms with Gasteiger partial charge in [0.25, 0.3) is 0 Å². The summed E-state index contributed by atoms with van der Waals surface area (Å²) in [5.74, 6) is -1.08. The molecule has 2 atom stereocenters. The second kappa shape index (κ2) is 5.14. The average Bonchev–Trinajstić information content (AvgIpc) is 2.63. The molecule has 0 aliphatic heterocycles. The van der Waals surface area contributed by atoms with Crippen LogP contribution >= 0.6 is 0 Å². The Kier molecular flexibility index (Phi) is 3.98. The van der Waals surface area contributed by atoms with Crippen LogP contribution in [0.1, 0.15) is 44.9 Å². The third-order valence-corrected chi connectivity index (χ3v) is 4.13. The summed E-state index contributed by atoms with van der Waals surface area (Å²) < 4.78 is 37.5. The quantitative estimate of drug-likeness (QED) is 0.790. The molecule has 2 rings (SSSR count). The maximum atomic E-state index is 12.5. The highest BCUT2D eigenvalue weighted by Gasteiger charge is 2.41. The molecule has 3 N–H and O–H groups in total. The van der Waals surface area contributed by atoms with Crippen molar-refractivity contribution in [3.8, 4) is 0 Å². The van der Waals surface area contributed by atoms with E-state index in [2.05, 4.69) is 5.32 Å². The van der Waals surface area contributed by atoms with Crippen LogP contribution < -0.4 is 11.1 Å². The molecule has 0 spiro atoms. The van der Waals surface area contributed by atoms with Crippen LogP contribution in [0.3, 0.4) is 0 Å². The zero-order valence-electron chi connectivity index (χ0n) is 9.97. The third-order valence-electron chi connectivity index (χ3n) is 4.13. The fourth-order valence-corrected chi connectivity index (χ4v) is 3.09. The summed E-state index contributed by atoms with van der Waals surface area (Å²) in [6, 6.07) is 0.973. The fourth-order valence-electron chi connectivity index (χ4n) is 3.09. The molecule has 0 aromatic carbocycles. The highest BCUT2D eigenvalue weighted by atomic mass is 19.4. The van der Waals surface area contributed by atoms with Gasteiger partial charge in [0.2, 0.25) is 0 Å². The van der Waals surface area contributed by atoms with Crippen LogP contribution in [0.15, 0.2) is 0 Å². The largest absolute Gasteiger partial charge is 0.391 e. The Morgan fingerprint density at radius 3 is 1.94 bits per heavy atom. The van der Waals surface area contributed by atoms with Gasteiger partial charge in [-0.2, -0.15) is 13.2 Å². The van der Waals surface area contributed by atoms with Crippen LogP contribution in [0.4, 0.5) is 13.2 Å². The molecule has 2 aliphatic rings. The number of nitrogens with two attached hydrogens (primary N) is 1. The zero-order valence-corrected chi connectivity index (χ0v) is 9.97. The molecule has 5 heteroatoms. The maximum Gasteiger partial charge on any atom is 0.391 e. The van der Waals surface area contributed by atoms with Gasteiger partial charge in [0.15, 0.2) is 0 Å². The zero-order chi connectivity index (χ0) is 12.5. The Hall–Kier alpha value is -0.290. The minimum atomic E-state index is -4.00. The van der Waals surface area contributed by atoms with Gasteiger partial charge in [-0.15, -0.1) is 0 Å². The number of rotatable bonds is 2. The van der Waals surface area contributed by atoms with Crippen LogP contribution in [0.2, 0.25) is 0 Å². The number of hydrogen-bond donors (Lipinski definition) is 2. The van der Waals surface area contributed by atoms with E-state index in [-0.39, 0.29) is 24.9 Å². The first-order chi connectivity index (χ1) is 7.95. The van der Waals surface area contributed by atoms with Gasteiger partial charge in [0.1, 0.15) is 0 Å². The van der Waals surface area contributed by atoms with Crippen molar-refractivity contribution in [2.75, 3.05) is 0 Å². The average molecular weight is 250 g/mol. The Bertz CT molecular complexity index is 247. The SMILES string of the molecule is NC1CCC(NC2CCC(C(F)(F)F)CC2)C1. The normalized spacial score (nSPS) is 39.5. The van der Waals surface area contributed by atoms with E-state index in [1.807, 2.05) is 0 Å². The molecule has 2 nitrogen and oxygen atoms in total. The van der Waals surface area contributed by atoms with E-state index in [0.29, 0.717) is 18.9 Å².